The zero-order chi connectivity index (χ0) is 17.4. The molecule has 6 heteroatoms. The van der Waals surface area contributed by atoms with E-state index < -0.39 is 0 Å². The van der Waals surface area contributed by atoms with Gasteiger partial charge in [0.05, 0.1) is 17.1 Å². The molecule has 0 saturated heterocycles. The Bertz CT molecular complexity index is 914. The summed E-state index contributed by atoms with van der Waals surface area (Å²) < 4.78 is 2.05. The van der Waals surface area contributed by atoms with Crippen molar-refractivity contribution < 1.29 is 0 Å². The molecule has 2 N–H and O–H groups in total. The smallest absolute Gasteiger partial charge is 0.163 e. The maximum atomic E-state index is 6.24. The van der Waals surface area contributed by atoms with Crippen LogP contribution in [-0.2, 0) is 12.8 Å². The van der Waals surface area contributed by atoms with E-state index in [4.69, 9.17) is 22.4 Å². The number of hydrogen-bond donors (Lipinski definition) is 1. The summed E-state index contributed by atoms with van der Waals surface area (Å²) in [6, 6.07) is 6.55. The van der Waals surface area contributed by atoms with Crippen LogP contribution in [0.15, 0.2) is 24.5 Å². The summed E-state index contributed by atoms with van der Waals surface area (Å²) in [5.74, 6) is 0.504. The van der Waals surface area contributed by atoms with Crippen molar-refractivity contribution >= 4 is 28.5 Å². The first-order chi connectivity index (χ1) is 12.2. The van der Waals surface area contributed by atoms with Gasteiger partial charge in [0.15, 0.2) is 5.65 Å². The number of rotatable bonds is 5. The molecule has 25 heavy (non-hydrogen) atoms. The van der Waals surface area contributed by atoms with Crippen LogP contribution in [0.4, 0.5) is 5.82 Å². The molecule has 0 aliphatic heterocycles. The molecule has 0 amide bonds. The van der Waals surface area contributed by atoms with Gasteiger partial charge in [-0.15, -0.1) is 0 Å². The highest BCUT2D eigenvalue weighted by atomic mass is 35.5. The predicted octanol–water partition coefficient (Wildman–Crippen LogP) is 4.33. The van der Waals surface area contributed by atoms with Crippen molar-refractivity contribution in [2.75, 3.05) is 5.73 Å². The van der Waals surface area contributed by atoms with E-state index in [-0.39, 0.29) is 0 Å². The van der Waals surface area contributed by atoms with E-state index in [1.165, 1.54) is 23.9 Å². The molecular weight excluding hydrogens is 334 g/mol. The number of nitrogen functional groups attached to an aromatic ring is 1. The van der Waals surface area contributed by atoms with E-state index in [0.717, 1.165) is 47.4 Å². The highest BCUT2D eigenvalue weighted by Gasteiger charge is 2.25. The summed E-state index contributed by atoms with van der Waals surface area (Å²) >= 11 is 6.24. The van der Waals surface area contributed by atoms with Crippen LogP contribution >= 0.6 is 11.6 Å². The Balaban J connectivity index is 1.81. The van der Waals surface area contributed by atoms with Crippen molar-refractivity contribution in [2.45, 2.75) is 51.5 Å². The minimum absolute atomic E-state index is 0.431. The summed E-state index contributed by atoms with van der Waals surface area (Å²) in [4.78, 5) is 8.66. The Hall–Kier alpha value is -2.14. The third-order valence-electron chi connectivity index (χ3n) is 5.06. The van der Waals surface area contributed by atoms with Crippen molar-refractivity contribution in [3.05, 3.63) is 46.4 Å². The lowest BCUT2D eigenvalue weighted by Crippen LogP contribution is -2.18. The summed E-state index contributed by atoms with van der Waals surface area (Å²) in [6.45, 7) is 2.19. The lowest BCUT2D eigenvalue weighted by molar-refractivity contribution is 0.294. The van der Waals surface area contributed by atoms with Crippen molar-refractivity contribution in [3.63, 3.8) is 0 Å². The first-order valence-electron chi connectivity index (χ1n) is 8.92. The van der Waals surface area contributed by atoms with Gasteiger partial charge in [0.25, 0.3) is 0 Å². The van der Waals surface area contributed by atoms with E-state index >= 15 is 0 Å². The van der Waals surface area contributed by atoms with Crippen LogP contribution in [0.1, 0.15) is 55.5 Å². The lowest BCUT2D eigenvalue weighted by Gasteiger charge is -2.25. The minimum Gasteiger partial charge on any atom is -0.383 e. The van der Waals surface area contributed by atoms with E-state index in [0.29, 0.717) is 18.3 Å². The molecule has 0 bridgehead atoms. The molecule has 1 fully saturated rings. The number of nitrogens with two attached hydrogens (primary N) is 1. The SMILES string of the molecule is CCCc1ccc(Cl)cc1Cc1nn(C2CCC2)c2ncnc(N)c12. The van der Waals surface area contributed by atoms with Crippen molar-refractivity contribution in [3.8, 4) is 0 Å². The molecule has 1 aliphatic rings. The summed E-state index contributed by atoms with van der Waals surface area (Å²) in [5.41, 5.74) is 10.5. The van der Waals surface area contributed by atoms with Crippen molar-refractivity contribution in [1.29, 1.82) is 0 Å². The van der Waals surface area contributed by atoms with Gasteiger partial charge in [-0.2, -0.15) is 5.10 Å². The number of nitrogens with zero attached hydrogens (tertiary/aromatic N) is 4. The molecule has 2 heterocycles. The molecule has 5 nitrogen and oxygen atoms in total. The Morgan fingerprint density at radius 3 is 2.80 bits per heavy atom. The number of halogens is 1. The van der Waals surface area contributed by atoms with Crippen LogP contribution in [0.5, 0.6) is 0 Å². The monoisotopic (exact) mass is 355 g/mol. The van der Waals surface area contributed by atoms with Gasteiger partial charge in [-0.05, 0) is 48.9 Å². The molecule has 0 radical (unpaired) electrons. The minimum atomic E-state index is 0.431. The molecule has 3 aromatic rings. The Labute approximate surface area is 152 Å². The Morgan fingerprint density at radius 2 is 2.08 bits per heavy atom. The van der Waals surface area contributed by atoms with Crippen molar-refractivity contribution in [1.82, 2.24) is 19.7 Å². The maximum Gasteiger partial charge on any atom is 0.163 e. The van der Waals surface area contributed by atoms with Gasteiger partial charge in [0.1, 0.15) is 12.1 Å². The van der Waals surface area contributed by atoms with Crippen LogP contribution in [0.2, 0.25) is 5.02 Å². The fraction of sp³-hybridized carbons (Fsp3) is 0.421. The lowest BCUT2D eigenvalue weighted by atomic mass is 9.93. The van der Waals surface area contributed by atoms with E-state index in [1.54, 1.807) is 0 Å². The van der Waals surface area contributed by atoms with Crippen molar-refractivity contribution in [2.24, 2.45) is 0 Å². The van der Waals surface area contributed by atoms with Gasteiger partial charge in [0, 0.05) is 11.4 Å². The number of hydrogen-bond acceptors (Lipinski definition) is 4. The molecule has 0 atom stereocenters. The standard InChI is InChI=1S/C19H22ClN5/c1-2-4-12-7-8-14(20)9-13(12)10-16-17-18(21)22-11-23-19(17)25(24-16)15-5-3-6-15/h7-9,11,15H,2-6,10H2,1H3,(H2,21,22,23). The van der Waals surface area contributed by atoms with E-state index in [2.05, 4.69) is 27.6 Å². The average molecular weight is 356 g/mol. The molecular formula is C19H22ClN5. The molecule has 2 aromatic heterocycles. The van der Waals surface area contributed by atoms with Crippen LogP contribution in [0, 0.1) is 0 Å². The topological polar surface area (TPSA) is 69.6 Å². The highest BCUT2D eigenvalue weighted by molar-refractivity contribution is 6.30. The molecule has 1 aromatic carbocycles. The van der Waals surface area contributed by atoms with Gasteiger partial charge in [-0.25, -0.2) is 14.6 Å². The van der Waals surface area contributed by atoms with Crippen LogP contribution < -0.4 is 5.73 Å². The van der Waals surface area contributed by atoms with Gasteiger partial charge < -0.3 is 5.73 Å². The van der Waals surface area contributed by atoms with E-state index in [1.807, 2.05) is 12.1 Å². The highest BCUT2D eigenvalue weighted by Crippen LogP contribution is 2.35. The van der Waals surface area contributed by atoms with Crippen LogP contribution in [0.25, 0.3) is 11.0 Å². The second-order valence-electron chi connectivity index (χ2n) is 6.77. The molecule has 0 spiro atoms. The number of aromatic nitrogens is 4. The Morgan fingerprint density at radius 1 is 1.24 bits per heavy atom. The van der Waals surface area contributed by atoms with Crippen LogP contribution in [-0.4, -0.2) is 19.7 Å². The first kappa shape index (κ1) is 16.3. The summed E-state index contributed by atoms with van der Waals surface area (Å²) in [7, 11) is 0. The first-order valence-corrected chi connectivity index (χ1v) is 9.30. The maximum absolute atomic E-state index is 6.24. The fourth-order valence-corrected chi connectivity index (χ4v) is 3.72. The number of benzene rings is 1. The van der Waals surface area contributed by atoms with Gasteiger partial charge in [-0.1, -0.05) is 31.0 Å². The number of fused-ring (bicyclic) bond motifs is 1. The third-order valence-corrected chi connectivity index (χ3v) is 5.29. The quantitative estimate of drug-likeness (QED) is 0.739. The number of anilines is 1. The molecule has 130 valence electrons. The predicted molar refractivity (Wildman–Crippen MR) is 101 cm³/mol. The second-order valence-corrected chi connectivity index (χ2v) is 7.21. The third kappa shape index (κ3) is 2.97. The largest absolute Gasteiger partial charge is 0.383 e. The zero-order valence-corrected chi connectivity index (χ0v) is 15.1. The normalized spacial score (nSPS) is 14.8. The fourth-order valence-electron chi connectivity index (χ4n) is 3.53. The average Bonchev–Trinajstić information content (AvgIpc) is 2.88. The summed E-state index contributed by atoms with van der Waals surface area (Å²) in [5, 5.41) is 6.53. The Kier molecular flexibility index (Phi) is 4.34. The van der Waals surface area contributed by atoms with E-state index in [9.17, 15) is 0 Å². The number of aryl methyl sites for hydroxylation is 1. The van der Waals surface area contributed by atoms with Gasteiger partial charge in [0.2, 0.25) is 0 Å². The molecule has 0 unspecified atom stereocenters. The van der Waals surface area contributed by atoms with Gasteiger partial charge >= 0.3 is 0 Å². The molecule has 1 saturated carbocycles. The van der Waals surface area contributed by atoms with Gasteiger partial charge in [-0.3, -0.25) is 0 Å². The second kappa shape index (κ2) is 6.64. The zero-order valence-electron chi connectivity index (χ0n) is 14.4. The molecule has 4 rings (SSSR count). The summed E-state index contributed by atoms with van der Waals surface area (Å²) in [6.07, 6.45) is 7.90. The van der Waals surface area contributed by atoms with Crippen LogP contribution in [0.3, 0.4) is 0 Å². The molecule has 1 aliphatic carbocycles.